The van der Waals surface area contributed by atoms with Crippen LogP contribution in [-0.2, 0) is 9.59 Å². The molecule has 0 bridgehead atoms. The molecule has 0 aromatic carbocycles. The van der Waals surface area contributed by atoms with E-state index in [1.807, 2.05) is 0 Å². The zero-order chi connectivity index (χ0) is 7.44. The van der Waals surface area contributed by atoms with Crippen molar-refractivity contribution in [3.8, 4) is 0 Å². The van der Waals surface area contributed by atoms with E-state index in [1.165, 1.54) is 0 Å². The fourth-order valence-corrected chi connectivity index (χ4v) is 0.235. The summed E-state index contributed by atoms with van der Waals surface area (Å²) in [6.07, 6.45) is -3.25. The van der Waals surface area contributed by atoms with E-state index >= 15 is 0 Å². The van der Waals surface area contributed by atoms with Gasteiger partial charge in [-0.2, -0.15) is 0 Å². The summed E-state index contributed by atoms with van der Waals surface area (Å²) >= 11 is 0. The molecule has 0 aliphatic heterocycles. The molecule has 9 heavy (non-hydrogen) atoms. The Morgan fingerprint density at radius 3 is 1.89 bits per heavy atom. The summed E-state index contributed by atoms with van der Waals surface area (Å²) in [5.41, 5.74) is 0. The van der Waals surface area contributed by atoms with Gasteiger partial charge < -0.3 is 24.9 Å². The van der Waals surface area contributed by atoms with Gasteiger partial charge in [0.2, 0.25) is 0 Å². The predicted molar refractivity (Wildman–Crippen MR) is 18.4 cm³/mol. The summed E-state index contributed by atoms with van der Waals surface area (Å²) in [5, 5.41) is 29.0. The minimum atomic E-state index is -2.21. The number of carbonyl (C=O) groups excluding carboxylic acids is 2. The topological polar surface area (TPSA) is 103 Å². The Morgan fingerprint density at radius 2 is 1.78 bits per heavy atom. The molecule has 0 aromatic rings. The van der Waals surface area contributed by atoms with E-state index in [-0.39, 0.29) is 0 Å². The van der Waals surface area contributed by atoms with Crippen molar-refractivity contribution < 1.29 is 24.9 Å². The van der Waals surface area contributed by atoms with Crippen molar-refractivity contribution in [3.05, 3.63) is 0 Å². The Morgan fingerprint density at radius 1 is 1.33 bits per heavy atom. The standard InChI is InChI=1S/C4H5O5/c5-2(4(8)9)1-3(6)7/h2H,1H2,(H,6,7)(H,8,9)/q-1/p-2/t2-/m0/s1. The summed E-state index contributed by atoms with van der Waals surface area (Å²) < 4.78 is 0. The molecule has 0 amide bonds. The summed E-state index contributed by atoms with van der Waals surface area (Å²) in [4.78, 5) is 19.0. The molecule has 0 aromatic heterocycles. The van der Waals surface area contributed by atoms with Crippen LogP contribution in [0.15, 0.2) is 0 Å². The third kappa shape index (κ3) is 3.48. The minimum absolute atomic E-state index is 1.04. The lowest BCUT2D eigenvalue weighted by atomic mass is 10.3. The van der Waals surface area contributed by atoms with E-state index in [0.29, 0.717) is 0 Å². The monoisotopic (exact) mass is 131 g/mol. The molecule has 0 aliphatic carbocycles. The quantitative estimate of drug-likeness (QED) is 0.384. The first-order chi connectivity index (χ1) is 4.04. The largest absolute Gasteiger partial charge is 0.847 e. The van der Waals surface area contributed by atoms with Gasteiger partial charge in [0.05, 0.1) is 0 Å². The molecule has 5 heteroatoms. The maximum absolute atomic E-state index is 9.95. The molecule has 0 unspecified atom stereocenters. The number of carboxylic acids is 2. The van der Waals surface area contributed by atoms with Crippen LogP contribution in [0.1, 0.15) is 6.42 Å². The van der Waals surface area contributed by atoms with Crippen LogP contribution in [0.2, 0.25) is 0 Å². The lowest BCUT2D eigenvalue weighted by molar-refractivity contribution is -0.440. The number of hydrogen-bond donors (Lipinski definition) is 0. The third-order valence-electron chi connectivity index (χ3n) is 0.615. The van der Waals surface area contributed by atoms with Crippen LogP contribution < -0.4 is 15.3 Å². The number of carbonyl (C=O) groups is 2. The summed E-state index contributed by atoms with van der Waals surface area (Å²) in [6.45, 7) is 0. The minimum Gasteiger partial charge on any atom is -0.847 e. The zero-order valence-electron chi connectivity index (χ0n) is 4.33. The Kier molecular flexibility index (Phi) is 2.66. The average molecular weight is 131 g/mol. The Labute approximate surface area is 50.5 Å². The van der Waals surface area contributed by atoms with Gasteiger partial charge >= 0.3 is 0 Å². The van der Waals surface area contributed by atoms with E-state index < -0.39 is 24.5 Å². The van der Waals surface area contributed by atoms with Crippen molar-refractivity contribution in [1.29, 1.82) is 0 Å². The molecular formula is C4H3O5-3. The van der Waals surface area contributed by atoms with Crippen molar-refractivity contribution >= 4 is 11.9 Å². The molecule has 0 heterocycles. The van der Waals surface area contributed by atoms with Gasteiger partial charge in [0.1, 0.15) is 0 Å². The highest BCUT2D eigenvalue weighted by Gasteiger charge is 1.93. The van der Waals surface area contributed by atoms with E-state index in [1.54, 1.807) is 0 Å². The molecule has 0 N–H and O–H groups in total. The van der Waals surface area contributed by atoms with Gasteiger partial charge in [0.25, 0.3) is 0 Å². The first-order valence-corrected chi connectivity index (χ1v) is 2.10. The van der Waals surface area contributed by atoms with Crippen molar-refractivity contribution in [2.24, 2.45) is 0 Å². The van der Waals surface area contributed by atoms with E-state index in [2.05, 4.69) is 0 Å². The van der Waals surface area contributed by atoms with Crippen molar-refractivity contribution in [2.45, 2.75) is 12.5 Å². The second kappa shape index (κ2) is 3.03. The summed E-state index contributed by atoms with van der Waals surface area (Å²) in [5.74, 6) is -3.60. The Hall–Kier alpha value is -1.10. The third-order valence-corrected chi connectivity index (χ3v) is 0.615. The molecule has 0 spiro atoms. The Balaban J connectivity index is 3.63. The molecule has 0 radical (unpaired) electrons. The zero-order valence-corrected chi connectivity index (χ0v) is 4.33. The van der Waals surface area contributed by atoms with Crippen LogP contribution in [0, 0.1) is 0 Å². The van der Waals surface area contributed by atoms with Gasteiger partial charge in [-0.1, -0.05) is 6.10 Å². The molecule has 0 aliphatic rings. The first-order valence-electron chi connectivity index (χ1n) is 2.10. The lowest BCUT2D eigenvalue weighted by Crippen LogP contribution is -2.47. The highest BCUT2D eigenvalue weighted by Crippen LogP contribution is 1.81. The Bertz CT molecular complexity index is 129. The van der Waals surface area contributed by atoms with Crippen LogP contribution >= 0.6 is 0 Å². The molecule has 0 saturated carbocycles. The van der Waals surface area contributed by atoms with Gasteiger partial charge in [0, 0.05) is 11.9 Å². The van der Waals surface area contributed by atoms with Crippen LogP contribution in [0.4, 0.5) is 0 Å². The van der Waals surface area contributed by atoms with Gasteiger partial charge in [-0.3, -0.25) is 0 Å². The SMILES string of the molecule is O=C([O-])C[C@H]([O-])C(=O)[O-]. The molecule has 52 valence electrons. The van der Waals surface area contributed by atoms with Gasteiger partial charge in [-0.15, -0.1) is 0 Å². The molecular weight excluding hydrogens is 128 g/mol. The molecule has 0 rings (SSSR count). The van der Waals surface area contributed by atoms with Crippen LogP contribution in [0.3, 0.4) is 0 Å². The smallest absolute Gasteiger partial charge is 0.0407 e. The average Bonchev–Trinajstić information content (AvgIpc) is 1.63. The fourth-order valence-electron chi connectivity index (χ4n) is 0.235. The molecule has 0 fully saturated rings. The van der Waals surface area contributed by atoms with E-state index in [0.717, 1.165) is 0 Å². The van der Waals surface area contributed by atoms with Crippen LogP contribution in [0.25, 0.3) is 0 Å². The number of aliphatic carboxylic acids is 2. The summed E-state index contributed by atoms with van der Waals surface area (Å²) in [6, 6.07) is 0. The van der Waals surface area contributed by atoms with Crippen molar-refractivity contribution in [3.63, 3.8) is 0 Å². The highest BCUT2D eigenvalue weighted by molar-refractivity contribution is 5.76. The first kappa shape index (κ1) is 7.90. The number of rotatable bonds is 3. The highest BCUT2D eigenvalue weighted by atomic mass is 16.4. The van der Waals surface area contributed by atoms with Gasteiger partial charge in [-0.05, 0) is 6.42 Å². The van der Waals surface area contributed by atoms with Gasteiger partial charge in [-0.25, -0.2) is 0 Å². The molecule has 5 nitrogen and oxygen atoms in total. The summed E-state index contributed by atoms with van der Waals surface area (Å²) in [7, 11) is 0. The number of hydrogen-bond acceptors (Lipinski definition) is 5. The van der Waals surface area contributed by atoms with Gasteiger partial charge in [0.15, 0.2) is 0 Å². The van der Waals surface area contributed by atoms with Crippen LogP contribution in [-0.4, -0.2) is 18.0 Å². The second-order valence-electron chi connectivity index (χ2n) is 1.38. The normalized spacial score (nSPS) is 12.6. The fraction of sp³-hybridized carbons (Fsp3) is 0.500. The molecule has 1 atom stereocenters. The van der Waals surface area contributed by atoms with E-state index in [4.69, 9.17) is 0 Å². The maximum Gasteiger partial charge on any atom is 0.0407 e. The predicted octanol–water partition coefficient (Wildman–Crippen LogP) is -4.39. The maximum atomic E-state index is 9.95. The number of carboxylic acid groups (broad SMARTS) is 2. The van der Waals surface area contributed by atoms with Crippen molar-refractivity contribution in [1.82, 2.24) is 0 Å². The van der Waals surface area contributed by atoms with Crippen molar-refractivity contribution in [2.75, 3.05) is 0 Å². The van der Waals surface area contributed by atoms with E-state index in [9.17, 15) is 24.9 Å². The molecule has 0 saturated heterocycles. The second-order valence-corrected chi connectivity index (χ2v) is 1.38. The lowest BCUT2D eigenvalue weighted by Gasteiger charge is -2.22. The van der Waals surface area contributed by atoms with Crippen LogP contribution in [0.5, 0.6) is 0 Å².